The number of anilines is 2. The fourth-order valence-corrected chi connectivity index (χ4v) is 2.10. The summed E-state index contributed by atoms with van der Waals surface area (Å²) >= 11 is 0. The van der Waals surface area contributed by atoms with Crippen molar-refractivity contribution in [1.82, 2.24) is 0 Å². The Bertz CT molecular complexity index is 726. The Morgan fingerprint density at radius 2 is 1.75 bits per heavy atom. The van der Waals surface area contributed by atoms with Crippen LogP contribution in [0.1, 0.15) is 22.8 Å². The lowest BCUT2D eigenvalue weighted by molar-refractivity contribution is 0.102. The summed E-state index contributed by atoms with van der Waals surface area (Å²) in [7, 11) is 1.55. The van der Waals surface area contributed by atoms with E-state index in [1.165, 1.54) is 0 Å². The third kappa shape index (κ3) is 4.49. The van der Waals surface area contributed by atoms with Gasteiger partial charge in [-0.2, -0.15) is 0 Å². The van der Waals surface area contributed by atoms with Crippen molar-refractivity contribution in [1.29, 1.82) is 0 Å². The van der Waals surface area contributed by atoms with Crippen molar-refractivity contribution in [3.8, 4) is 5.75 Å². The molecule has 0 spiro atoms. The Hall–Kier alpha value is -3.02. The van der Waals surface area contributed by atoms with Crippen LogP contribution in [-0.4, -0.2) is 25.7 Å². The van der Waals surface area contributed by atoms with Crippen LogP contribution in [0.2, 0.25) is 0 Å². The first-order valence-corrected chi connectivity index (χ1v) is 7.53. The molecule has 2 aromatic rings. The van der Waals surface area contributed by atoms with Gasteiger partial charge in [-0.3, -0.25) is 10.1 Å². The fourth-order valence-electron chi connectivity index (χ4n) is 2.10. The summed E-state index contributed by atoms with van der Waals surface area (Å²) in [6.45, 7) is 3.96. The lowest BCUT2D eigenvalue weighted by Crippen LogP contribution is -2.14. The van der Waals surface area contributed by atoms with Gasteiger partial charge in [-0.1, -0.05) is 6.07 Å². The van der Waals surface area contributed by atoms with Crippen LogP contribution in [0, 0.1) is 6.92 Å². The number of carbonyl (C=O) groups is 2. The fraction of sp³-hybridized carbons (Fsp3) is 0.222. The molecular weight excluding hydrogens is 308 g/mol. The van der Waals surface area contributed by atoms with Crippen LogP contribution in [0.15, 0.2) is 42.5 Å². The number of carbonyl (C=O) groups excluding carboxylic acids is 2. The van der Waals surface area contributed by atoms with Crippen LogP contribution in [0.4, 0.5) is 16.2 Å². The van der Waals surface area contributed by atoms with E-state index in [4.69, 9.17) is 9.47 Å². The molecule has 0 aliphatic heterocycles. The first kappa shape index (κ1) is 17.3. The van der Waals surface area contributed by atoms with Crippen molar-refractivity contribution >= 4 is 23.4 Å². The summed E-state index contributed by atoms with van der Waals surface area (Å²) in [5.41, 5.74) is 2.64. The van der Waals surface area contributed by atoms with Crippen LogP contribution in [0.5, 0.6) is 5.75 Å². The Kier molecular flexibility index (Phi) is 5.78. The van der Waals surface area contributed by atoms with Gasteiger partial charge in [-0.15, -0.1) is 0 Å². The largest absolute Gasteiger partial charge is 0.495 e. The van der Waals surface area contributed by atoms with Gasteiger partial charge >= 0.3 is 6.09 Å². The second-order valence-corrected chi connectivity index (χ2v) is 5.08. The molecule has 2 amide bonds. The topological polar surface area (TPSA) is 76.7 Å². The number of rotatable bonds is 5. The molecule has 6 nitrogen and oxygen atoms in total. The summed E-state index contributed by atoms with van der Waals surface area (Å²) < 4.78 is 10.0. The predicted octanol–water partition coefficient (Wildman–Crippen LogP) is 3.82. The van der Waals surface area contributed by atoms with Gasteiger partial charge in [0.1, 0.15) is 5.75 Å². The molecule has 0 saturated heterocycles. The number of hydrogen-bond acceptors (Lipinski definition) is 4. The van der Waals surface area contributed by atoms with Crippen molar-refractivity contribution in [3.05, 3.63) is 53.6 Å². The molecule has 0 atom stereocenters. The maximum Gasteiger partial charge on any atom is 0.411 e. The third-order valence-corrected chi connectivity index (χ3v) is 3.27. The molecule has 126 valence electrons. The molecule has 0 unspecified atom stereocenters. The number of methoxy groups -OCH3 is 1. The molecule has 2 rings (SSSR count). The molecule has 0 aliphatic rings. The second-order valence-electron chi connectivity index (χ2n) is 5.08. The van der Waals surface area contributed by atoms with E-state index in [2.05, 4.69) is 10.6 Å². The van der Waals surface area contributed by atoms with Crippen molar-refractivity contribution < 1.29 is 19.1 Å². The zero-order valence-corrected chi connectivity index (χ0v) is 13.9. The third-order valence-electron chi connectivity index (χ3n) is 3.27. The summed E-state index contributed by atoms with van der Waals surface area (Å²) in [5, 5.41) is 5.39. The summed E-state index contributed by atoms with van der Waals surface area (Å²) in [5.74, 6) is 0.330. The zero-order valence-electron chi connectivity index (χ0n) is 13.9. The van der Waals surface area contributed by atoms with Crippen LogP contribution in [0.3, 0.4) is 0 Å². The minimum atomic E-state index is -0.529. The van der Waals surface area contributed by atoms with Crippen molar-refractivity contribution in [2.45, 2.75) is 13.8 Å². The molecule has 0 aromatic heterocycles. The quantitative estimate of drug-likeness (QED) is 0.874. The maximum absolute atomic E-state index is 12.4. The SMILES string of the molecule is CCOC(=O)Nc1ccc(C(=O)Nc2cc(C)ccc2OC)cc1. The van der Waals surface area contributed by atoms with Crippen LogP contribution < -0.4 is 15.4 Å². The molecule has 0 heterocycles. The Morgan fingerprint density at radius 1 is 1.04 bits per heavy atom. The highest BCUT2D eigenvalue weighted by molar-refractivity contribution is 6.05. The van der Waals surface area contributed by atoms with Crippen LogP contribution in [0.25, 0.3) is 0 Å². The lowest BCUT2D eigenvalue weighted by Gasteiger charge is -2.11. The van der Waals surface area contributed by atoms with E-state index < -0.39 is 6.09 Å². The average Bonchev–Trinajstić information content (AvgIpc) is 2.56. The highest BCUT2D eigenvalue weighted by Crippen LogP contribution is 2.25. The molecule has 2 aromatic carbocycles. The molecule has 0 fully saturated rings. The molecule has 0 bridgehead atoms. The predicted molar refractivity (Wildman–Crippen MR) is 92.8 cm³/mol. The van der Waals surface area contributed by atoms with E-state index in [0.717, 1.165) is 5.56 Å². The molecule has 2 N–H and O–H groups in total. The average molecular weight is 328 g/mol. The van der Waals surface area contributed by atoms with E-state index in [1.807, 2.05) is 19.1 Å². The number of aryl methyl sites for hydroxylation is 1. The molecule has 0 aliphatic carbocycles. The van der Waals surface area contributed by atoms with Crippen molar-refractivity contribution in [3.63, 3.8) is 0 Å². The molecule has 0 saturated carbocycles. The minimum Gasteiger partial charge on any atom is -0.495 e. The first-order chi connectivity index (χ1) is 11.5. The highest BCUT2D eigenvalue weighted by atomic mass is 16.5. The second kappa shape index (κ2) is 8.01. The summed E-state index contributed by atoms with van der Waals surface area (Å²) in [6.07, 6.45) is -0.529. The van der Waals surface area contributed by atoms with E-state index in [9.17, 15) is 9.59 Å². The van der Waals surface area contributed by atoms with Gasteiger partial charge < -0.3 is 14.8 Å². The maximum atomic E-state index is 12.4. The van der Waals surface area contributed by atoms with Gasteiger partial charge in [0.25, 0.3) is 5.91 Å². The van der Waals surface area contributed by atoms with E-state index in [0.29, 0.717) is 29.3 Å². The molecule has 24 heavy (non-hydrogen) atoms. The van der Waals surface area contributed by atoms with Gasteiger partial charge in [0.2, 0.25) is 0 Å². The summed E-state index contributed by atoms with van der Waals surface area (Å²) in [6, 6.07) is 12.1. The Labute approximate surface area is 140 Å². The number of ether oxygens (including phenoxy) is 2. The first-order valence-electron chi connectivity index (χ1n) is 7.53. The van der Waals surface area contributed by atoms with E-state index >= 15 is 0 Å². The number of nitrogens with one attached hydrogen (secondary N) is 2. The summed E-state index contributed by atoms with van der Waals surface area (Å²) in [4.78, 5) is 23.7. The van der Waals surface area contributed by atoms with Crippen molar-refractivity contribution in [2.24, 2.45) is 0 Å². The zero-order chi connectivity index (χ0) is 17.5. The number of amides is 2. The smallest absolute Gasteiger partial charge is 0.411 e. The monoisotopic (exact) mass is 328 g/mol. The van der Waals surface area contributed by atoms with Gasteiger partial charge in [0.15, 0.2) is 0 Å². The minimum absolute atomic E-state index is 0.262. The van der Waals surface area contributed by atoms with Crippen LogP contribution in [-0.2, 0) is 4.74 Å². The molecule has 6 heteroatoms. The normalized spacial score (nSPS) is 9.96. The van der Waals surface area contributed by atoms with E-state index in [1.54, 1.807) is 44.4 Å². The standard InChI is InChI=1S/C18H20N2O4/c1-4-24-18(22)19-14-8-6-13(7-9-14)17(21)20-15-11-12(2)5-10-16(15)23-3/h5-11H,4H2,1-3H3,(H,19,22)(H,20,21). The Morgan fingerprint density at radius 3 is 2.38 bits per heavy atom. The lowest BCUT2D eigenvalue weighted by atomic mass is 10.1. The van der Waals surface area contributed by atoms with E-state index in [-0.39, 0.29) is 5.91 Å². The van der Waals surface area contributed by atoms with Gasteiger partial charge in [-0.25, -0.2) is 4.79 Å². The van der Waals surface area contributed by atoms with Gasteiger partial charge in [-0.05, 0) is 55.8 Å². The number of hydrogen-bond donors (Lipinski definition) is 2. The van der Waals surface area contributed by atoms with Gasteiger partial charge in [0, 0.05) is 11.3 Å². The number of benzene rings is 2. The molecular formula is C18H20N2O4. The van der Waals surface area contributed by atoms with Crippen molar-refractivity contribution in [2.75, 3.05) is 24.4 Å². The highest BCUT2D eigenvalue weighted by Gasteiger charge is 2.10. The molecule has 0 radical (unpaired) electrons. The van der Waals surface area contributed by atoms with Crippen LogP contribution >= 0.6 is 0 Å². The Balaban J connectivity index is 2.08. The van der Waals surface area contributed by atoms with Gasteiger partial charge in [0.05, 0.1) is 19.4 Å².